The number of hydrogen-bond donors (Lipinski definition) is 0. The molecule has 20 heavy (non-hydrogen) atoms. The maximum absolute atomic E-state index is 12.4. The minimum atomic E-state index is -0.489. The monoisotopic (exact) mass is 262 g/mol. The number of ketones is 2. The van der Waals surface area contributed by atoms with E-state index in [2.05, 4.69) is 4.98 Å². The number of rotatable bonds is 0. The lowest BCUT2D eigenvalue weighted by atomic mass is 9.90. The fourth-order valence-corrected chi connectivity index (χ4v) is 2.73. The molecule has 2 heterocycles. The normalized spacial score (nSPS) is 13.4. The Balaban J connectivity index is 2.21. The molecule has 0 atom stereocenters. The molecule has 3 aromatic rings. The minimum Gasteiger partial charge on any atom is -0.296 e. The van der Waals surface area contributed by atoms with Crippen molar-refractivity contribution < 1.29 is 9.59 Å². The molecule has 0 saturated heterocycles. The standard InChI is InChI=1S/C16H10N2O2/c1-9-5-4-8-18-13-12(17-16(9)18)10-6-2-3-7-11(10)14(19)15(13)20/h2-8H,1H3. The van der Waals surface area contributed by atoms with Crippen LogP contribution in [-0.4, -0.2) is 21.0 Å². The van der Waals surface area contributed by atoms with Crippen molar-refractivity contribution in [1.82, 2.24) is 9.38 Å². The molecular formula is C16H10N2O2. The first-order valence-electron chi connectivity index (χ1n) is 6.34. The fourth-order valence-electron chi connectivity index (χ4n) is 2.73. The molecule has 0 fully saturated rings. The summed E-state index contributed by atoms with van der Waals surface area (Å²) in [4.78, 5) is 29.1. The van der Waals surface area contributed by atoms with Gasteiger partial charge < -0.3 is 0 Å². The zero-order valence-electron chi connectivity index (χ0n) is 10.8. The van der Waals surface area contributed by atoms with Crippen LogP contribution in [0, 0.1) is 6.92 Å². The first kappa shape index (κ1) is 11.1. The second-order valence-electron chi connectivity index (χ2n) is 4.90. The first-order chi connectivity index (χ1) is 9.68. The Morgan fingerprint density at radius 1 is 0.950 bits per heavy atom. The summed E-state index contributed by atoms with van der Waals surface area (Å²) in [5.74, 6) is -0.951. The van der Waals surface area contributed by atoms with Crippen LogP contribution in [0.15, 0.2) is 42.6 Å². The number of carbonyl (C=O) groups excluding carboxylic acids is 2. The first-order valence-corrected chi connectivity index (χ1v) is 6.34. The van der Waals surface area contributed by atoms with Crippen LogP contribution in [0.5, 0.6) is 0 Å². The van der Waals surface area contributed by atoms with Crippen LogP contribution in [0.25, 0.3) is 16.9 Å². The van der Waals surface area contributed by atoms with E-state index in [0.29, 0.717) is 17.0 Å². The zero-order chi connectivity index (χ0) is 13.9. The highest BCUT2D eigenvalue weighted by Crippen LogP contribution is 2.33. The van der Waals surface area contributed by atoms with Crippen molar-refractivity contribution in [3.05, 3.63) is 59.4 Å². The number of imidazole rings is 1. The van der Waals surface area contributed by atoms with Gasteiger partial charge in [0.05, 0.1) is 0 Å². The molecule has 0 saturated carbocycles. The Morgan fingerprint density at radius 2 is 1.70 bits per heavy atom. The molecule has 0 N–H and O–H groups in total. The van der Waals surface area contributed by atoms with Crippen LogP contribution >= 0.6 is 0 Å². The minimum absolute atomic E-state index is 0.368. The van der Waals surface area contributed by atoms with Crippen molar-refractivity contribution in [2.75, 3.05) is 0 Å². The van der Waals surface area contributed by atoms with E-state index in [1.807, 2.05) is 31.2 Å². The number of nitrogens with zero attached hydrogens (tertiary/aromatic N) is 2. The molecule has 4 rings (SSSR count). The predicted molar refractivity (Wildman–Crippen MR) is 74.0 cm³/mol. The van der Waals surface area contributed by atoms with Gasteiger partial charge in [-0.15, -0.1) is 0 Å². The third kappa shape index (κ3) is 1.23. The third-order valence-electron chi connectivity index (χ3n) is 3.69. The van der Waals surface area contributed by atoms with Crippen molar-refractivity contribution >= 4 is 17.2 Å². The van der Waals surface area contributed by atoms with Crippen molar-refractivity contribution in [3.63, 3.8) is 0 Å². The molecule has 2 aromatic heterocycles. The summed E-state index contributed by atoms with van der Waals surface area (Å²) in [6.45, 7) is 1.94. The Hall–Kier alpha value is -2.75. The fraction of sp³-hybridized carbons (Fsp3) is 0.0625. The Bertz CT molecular complexity index is 906. The number of benzene rings is 1. The van der Waals surface area contributed by atoms with Gasteiger partial charge in [-0.05, 0) is 18.6 Å². The number of aromatic nitrogens is 2. The van der Waals surface area contributed by atoms with E-state index in [1.54, 1.807) is 22.7 Å². The summed E-state index contributed by atoms with van der Waals surface area (Å²) < 4.78 is 1.71. The number of pyridine rings is 1. The van der Waals surface area contributed by atoms with Gasteiger partial charge in [0.25, 0.3) is 5.78 Å². The maximum atomic E-state index is 12.4. The molecule has 0 aliphatic heterocycles. The molecule has 0 amide bonds. The second kappa shape index (κ2) is 3.63. The van der Waals surface area contributed by atoms with Crippen molar-refractivity contribution in [2.45, 2.75) is 6.92 Å². The summed E-state index contributed by atoms with van der Waals surface area (Å²) >= 11 is 0. The highest BCUT2D eigenvalue weighted by atomic mass is 16.2. The van der Waals surface area contributed by atoms with Crippen molar-refractivity contribution in [2.24, 2.45) is 0 Å². The quantitative estimate of drug-likeness (QED) is 0.585. The maximum Gasteiger partial charge on any atom is 0.252 e. The molecule has 0 spiro atoms. The van der Waals surface area contributed by atoms with Gasteiger partial charge in [0.1, 0.15) is 17.0 Å². The number of carbonyl (C=O) groups is 2. The smallest absolute Gasteiger partial charge is 0.252 e. The number of aryl methyl sites for hydroxylation is 1. The molecule has 0 bridgehead atoms. The number of hydrogen-bond acceptors (Lipinski definition) is 3. The number of Topliss-reactive ketones (excluding diaryl/α,β-unsaturated/α-hetero) is 2. The van der Waals surface area contributed by atoms with Gasteiger partial charge >= 0.3 is 0 Å². The van der Waals surface area contributed by atoms with Crippen molar-refractivity contribution in [3.8, 4) is 11.3 Å². The topological polar surface area (TPSA) is 51.4 Å². The van der Waals surface area contributed by atoms with E-state index in [0.717, 1.165) is 16.8 Å². The molecule has 0 unspecified atom stereocenters. The SMILES string of the molecule is Cc1cccn2c3c(nc12)-c1ccccc1C(=O)C3=O. The third-order valence-corrected chi connectivity index (χ3v) is 3.69. The summed E-state index contributed by atoms with van der Waals surface area (Å²) in [7, 11) is 0. The molecule has 96 valence electrons. The molecule has 1 aliphatic carbocycles. The molecule has 1 aromatic carbocycles. The van der Waals surface area contributed by atoms with Crippen LogP contribution in [0.1, 0.15) is 26.4 Å². The highest BCUT2D eigenvalue weighted by Gasteiger charge is 2.34. The summed E-state index contributed by atoms with van der Waals surface area (Å²) in [5.41, 5.74) is 3.82. The van der Waals surface area contributed by atoms with E-state index >= 15 is 0 Å². The van der Waals surface area contributed by atoms with Gasteiger partial charge in [-0.3, -0.25) is 14.0 Å². The molecule has 4 nitrogen and oxygen atoms in total. The molecule has 0 radical (unpaired) electrons. The summed E-state index contributed by atoms with van der Waals surface area (Å²) in [5, 5.41) is 0. The van der Waals surface area contributed by atoms with Gasteiger partial charge in [-0.25, -0.2) is 4.98 Å². The van der Waals surface area contributed by atoms with Gasteiger partial charge in [0.15, 0.2) is 0 Å². The van der Waals surface area contributed by atoms with Gasteiger partial charge in [0, 0.05) is 17.3 Å². The van der Waals surface area contributed by atoms with Crippen LogP contribution in [0.3, 0.4) is 0 Å². The lowest BCUT2D eigenvalue weighted by Gasteiger charge is -2.13. The van der Waals surface area contributed by atoms with Gasteiger partial charge in [0.2, 0.25) is 5.78 Å². The molecular weight excluding hydrogens is 252 g/mol. The average Bonchev–Trinajstić information content (AvgIpc) is 2.86. The molecule has 4 heteroatoms. The van der Waals surface area contributed by atoms with Crippen LogP contribution in [0.2, 0.25) is 0 Å². The van der Waals surface area contributed by atoms with Crippen LogP contribution in [0.4, 0.5) is 0 Å². The van der Waals surface area contributed by atoms with Crippen molar-refractivity contribution in [1.29, 1.82) is 0 Å². The summed E-state index contributed by atoms with van der Waals surface area (Å²) in [6.07, 6.45) is 1.77. The van der Waals surface area contributed by atoms with Crippen LogP contribution in [-0.2, 0) is 0 Å². The Labute approximate surface area is 114 Å². The average molecular weight is 262 g/mol. The van der Waals surface area contributed by atoms with Gasteiger partial charge in [-0.2, -0.15) is 0 Å². The van der Waals surface area contributed by atoms with E-state index in [-0.39, 0.29) is 0 Å². The predicted octanol–water partition coefficient (Wildman–Crippen LogP) is 2.69. The molecule has 1 aliphatic rings. The van der Waals surface area contributed by atoms with E-state index < -0.39 is 11.6 Å². The largest absolute Gasteiger partial charge is 0.296 e. The van der Waals surface area contributed by atoms with Crippen LogP contribution < -0.4 is 0 Å². The Morgan fingerprint density at radius 3 is 2.50 bits per heavy atom. The van der Waals surface area contributed by atoms with Gasteiger partial charge in [-0.1, -0.05) is 30.3 Å². The Kier molecular flexibility index (Phi) is 2.02. The van der Waals surface area contributed by atoms with E-state index in [9.17, 15) is 9.59 Å². The lowest BCUT2D eigenvalue weighted by molar-refractivity contribution is 0.0812. The van der Waals surface area contributed by atoms with E-state index in [4.69, 9.17) is 0 Å². The highest BCUT2D eigenvalue weighted by molar-refractivity contribution is 6.52. The number of fused-ring (bicyclic) bond motifs is 5. The lowest BCUT2D eigenvalue weighted by Crippen LogP contribution is -2.22. The summed E-state index contributed by atoms with van der Waals surface area (Å²) in [6, 6.07) is 10.9. The zero-order valence-corrected chi connectivity index (χ0v) is 10.8. The van der Waals surface area contributed by atoms with E-state index in [1.165, 1.54) is 0 Å². The second-order valence-corrected chi connectivity index (χ2v) is 4.90.